The first kappa shape index (κ1) is 19.0. The van der Waals surface area contributed by atoms with Crippen molar-refractivity contribution < 1.29 is 9.47 Å². The maximum Gasteiger partial charge on any atom is 0.124 e. The molecule has 154 valence electrons. The molecular weight excluding hydrogens is 374 g/mol. The van der Waals surface area contributed by atoms with E-state index in [0.717, 1.165) is 41.1 Å². The highest BCUT2D eigenvalue weighted by molar-refractivity contribution is 5.82. The molecule has 5 heteroatoms. The van der Waals surface area contributed by atoms with Gasteiger partial charge in [-0.25, -0.2) is 0 Å². The van der Waals surface area contributed by atoms with E-state index in [4.69, 9.17) is 14.7 Å². The van der Waals surface area contributed by atoms with Crippen molar-refractivity contribution in [3.63, 3.8) is 0 Å². The zero-order chi connectivity index (χ0) is 20.5. The number of fused-ring (bicyclic) bond motifs is 1. The predicted octanol–water partition coefficient (Wildman–Crippen LogP) is 4.84. The lowest BCUT2D eigenvalue weighted by Gasteiger charge is -2.46. The van der Waals surface area contributed by atoms with Crippen LogP contribution in [-0.2, 0) is 0 Å². The van der Waals surface area contributed by atoms with E-state index in [1.165, 1.54) is 31.4 Å². The lowest BCUT2D eigenvalue weighted by Crippen LogP contribution is -2.58. The van der Waals surface area contributed by atoms with Gasteiger partial charge >= 0.3 is 0 Å². The SMILES string of the molecule is COc1cccc(OC2CN(C3CCC(c4cc5cc(C#N)ccc5[nH]4)CC3)C2)c1. The molecule has 5 nitrogen and oxygen atoms in total. The second-order valence-corrected chi connectivity index (χ2v) is 8.52. The predicted molar refractivity (Wildman–Crippen MR) is 117 cm³/mol. The molecule has 0 atom stereocenters. The van der Waals surface area contributed by atoms with Gasteiger partial charge in [0.25, 0.3) is 0 Å². The molecule has 2 heterocycles. The van der Waals surface area contributed by atoms with Crippen LogP contribution >= 0.6 is 0 Å². The number of nitrogens with zero attached hydrogens (tertiary/aromatic N) is 2. The van der Waals surface area contributed by atoms with E-state index in [9.17, 15) is 0 Å². The van der Waals surface area contributed by atoms with Crippen molar-refractivity contribution in [2.24, 2.45) is 0 Å². The molecule has 0 radical (unpaired) electrons. The largest absolute Gasteiger partial charge is 0.497 e. The van der Waals surface area contributed by atoms with Crippen molar-refractivity contribution in [3.05, 3.63) is 59.8 Å². The summed E-state index contributed by atoms with van der Waals surface area (Å²) in [5, 5.41) is 10.3. The smallest absolute Gasteiger partial charge is 0.124 e. The van der Waals surface area contributed by atoms with Gasteiger partial charge in [0.2, 0.25) is 0 Å². The standard InChI is InChI=1S/C25H27N3O2/c1-29-21-3-2-4-22(13-21)30-23-15-28(16-23)20-8-6-18(7-9-20)25-12-19-11-17(14-26)5-10-24(19)27-25/h2-5,10-13,18,20,23,27H,6-9,15-16H2,1H3. The van der Waals surface area contributed by atoms with Crippen LogP contribution < -0.4 is 9.47 Å². The third-order valence-corrected chi connectivity index (χ3v) is 6.64. The number of aromatic amines is 1. The van der Waals surface area contributed by atoms with Gasteiger partial charge in [-0.3, -0.25) is 4.90 Å². The Morgan fingerprint density at radius 3 is 2.57 bits per heavy atom. The molecule has 30 heavy (non-hydrogen) atoms. The lowest BCUT2D eigenvalue weighted by molar-refractivity contribution is -0.0203. The molecule has 0 unspecified atom stereocenters. The maximum absolute atomic E-state index is 9.11. The normalized spacial score (nSPS) is 22.4. The first-order valence-electron chi connectivity index (χ1n) is 10.8. The summed E-state index contributed by atoms with van der Waals surface area (Å²) in [5.41, 5.74) is 3.17. The van der Waals surface area contributed by atoms with Gasteiger partial charge < -0.3 is 14.5 Å². The van der Waals surface area contributed by atoms with Gasteiger partial charge in [-0.15, -0.1) is 0 Å². The Morgan fingerprint density at radius 1 is 1.00 bits per heavy atom. The van der Waals surface area contributed by atoms with Crippen LogP contribution in [0.4, 0.5) is 0 Å². The van der Waals surface area contributed by atoms with Gasteiger partial charge in [0, 0.05) is 41.8 Å². The van der Waals surface area contributed by atoms with Crippen LogP contribution in [-0.4, -0.2) is 42.2 Å². The van der Waals surface area contributed by atoms with Gasteiger partial charge in [-0.05, 0) is 68.0 Å². The second kappa shape index (κ2) is 8.04. The average molecular weight is 402 g/mol. The Morgan fingerprint density at radius 2 is 1.80 bits per heavy atom. The Bertz CT molecular complexity index is 1070. The fraction of sp³-hybridized carbons (Fsp3) is 0.400. The highest BCUT2D eigenvalue weighted by atomic mass is 16.5. The van der Waals surface area contributed by atoms with Crippen molar-refractivity contribution >= 4 is 10.9 Å². The summed E-state index contributed by atoms with van der Waals surface area (Å²) in [6.07, 6.45) is 5.16. The minimum absolute atomic E-state index is 0.276. The zero-order valence-corrected chi connectivity index (χ0v) is 17.3. The van der Waals surface area contributed by atoms with E-state index in [2.05, 4.69) is 22.0 Å². The highest BCUT2D eigenvalue weighted by Gasteiger charge is 2.36. The van der Waals surface area contributed by atoms with Crippen LogP contribution in [0.15, 0.2) is 48.5 Å². The maximum atomic E-state index is 9.11. The minimum Gasteiger partial charge on any atom is -0.497 e. The highest BCUT2D eigenvalue weighted by Crippen LogP contribution is 2.37. The molecule has 0 spiro atoms. The molecule has 0 bridgehead atoms. The number of methoxy groups -OCH3 is 1. The number of aromatic nitrogens is 1. The van der Waals surface area contributed by atoms with E-state index in [1.54, 1.807) is 7.11 Å². The Hall–Kier alpha value is -2.97. The number of hydrogen-bond donors (Lipinski definition) is 1. The van der Waals surface area contributed by atoms with Gasteiger partial charge in [0.1, 0.15) is 17.6 Å². The monoisotopic (exact) mass is 401 g/mol. The summed E-state index contributed by atoms with van der Waals surface area (Å²) in [6.45, 7) is 2.02. The zero-order valence-electron chi connectivity index (χ0n) is 17.3. The number of ether oxygens (including phenoxy) is 2. The molecule has 0 amide bonds. The van der Waals surface area contributed by atoms with Gasteiger partial charge in [0.05, 0.1) is 18.7 Å². The molecule has 1 saturated carbocycles. The van der Waals surface area contributed by atoms with Gasteiger partial charge in [-0.2, -0.15) is 5.26 Å². The summed E-state index contributed by atoms with van der Waals surface area (Å²) in [5.74, 6) is 2.31. The van der Waals surface area contributed by atoms with Crippen molar-refractivity contribution in [2.45, 2.75) is 43.7 Å². The summed E-state index contributed by atoms with van der Waals surface area (Å²) >= 11 is 0. The molecule has 1 aromatic heterocycles. The fourth-order valence-corrected chi connectivity index (χ4v) is 4.91. The van der Waals surface area contributed by atoms with Crippen molar-refractivity contribution in [2.75, 3.05) is 20.2 Å². The van der Waals surface area contributed by atoms with Gasteiger partial charge in [0.15, 0.2) is 0 Å². The Labute approximate surface area is 177 Å². The van der Waals surface area contributed by atoms with E-state index < -0.39 is 0 Å². The first-order valence-corrected chi connectivity index (χ1v) is 10.8. The molecule has 2 aromatic carbocycles. The first-order chi connectivity index (χ1) is 14.7. The van der Waals surface area contributed by atoms with Crippen LogP contribution in [0.1, 0.15) is 42.9 Å². The molecule has 2 fully saturated rings. The van der Waals surface area contributed by atoms with Crippen molar-refractivity contribution in [1.29, 1.82) is 5.26 Å². The van der Waals surface area contributed by atoms with E-state index in [-0.39, 0.29) is 6.10 Å². The number of nitrogens with one attached hydrogen (secondary N) is 1. The number of hydrogen-bond acceptors (Lipinski definition) is 4. The summed E-state index contributed by atoms with van der Waals surface area (Å²) in [4.78, 5) is 6.15. The van der Waals surface area contributed by atoms with Crippen molar-refractivity contribution in [3.8, 4) is 17.6 Å². The van der Waals surface area contributed by atoms with Crippen LogP contribution in [0, 0.1) is 11.3 Å². The number of likely N-dealkylation sites (tertiary alicyclic amines) is 1. The van der Waals surface area contributed by atoms with Crippen LogP contribution in [0.25, 0.3) is 10.9 Å². The van der Waals surface area contributed by atoms with E-state index >= 15 is 0 Å². The number of H-pyrrole nitrogens is 1. The summed E-state index contributed by atoms with van der Waals surface area (Å²) in [7, 11) is 1.68. The van der Waals surface area contributed by atoms with Crippen LogP contribution in [0.2, 0.25) is 0 Å². The molecule has 1 saturated heterocycles. The molecule has 1 aliphatic carbocycles. The third-order valence-electron chi connectivity index (χ3n) is 6.64. The summed E-state index contributed by atoms with van der Waals surface area (Å²) in [6, 6.07) is 18.9. The van der Waals surface area contributed by atoms with Crippen molar-refractivity contribution in [1.82, 2.24) is 9.88 Å². The molecular formula is C25H27N3O2. The minimum atomic E-state index is 0.276. The quantitative estimate of drug-likeness (QED) is 0.665. The van der Waals surface area contributed by atoms with Crippen LogP contribution in [0.3, 0.4) is 0 Å². The molecule has 1 aliphatic heterocycles. The third kappa shape index (κ3) is 3.76. The lowest BCUT2D eigenvalue weighted by atomic mass is 9.82. The Kier molecular flexibility index (Phi) is 5.10. The topological polar surface area (TPSA) is 61.3 Å². The van der Waals surface area contributed by atoms with E-state index in [1.807, 2.05) is 42.5 Å². The molecule has 1 N–H and O–H groups in total. The second-order valence-electron chi connectivity index (χ2n) is 8.52. The summed E-state index contributed by atoms with van der Waals surface area (Å²) < 4.78 is 11.4. The Balaban J connectivity index is 1.13. The fourth-order valence-electron chi connectivity index (χ4n) is 4.91. The van der Waals surface area contributed by atoms with Crippen LogP contribution in [0.5, 0.6) is 11.5 Å². The molecule has 2 aliphatic rings. The molecule has 5 rings (SSSR count). The average Bonchev–Trinajstić information content (AvgIpc) is 3.19. The van der Waals surface area contributed by atoms with E-state index in [0.29, 0.717) is 12.0 Å². The number of nitriles is 1. The number of rotatable bonds is 5. The number of benzene rings is 2. The van der Waals surface area contributed by atoms with Gasteiger partial charge in [-0.1, -0.05) is 6.07 Å². The molecule has 3 aromatic rings.